The highest BCUT2D eigenvalue weighted by Gasteiger charge is 2.30. The van der Waals surface area contributed by atoms with E-state index in [9.17, 15) is 4.79 Å². The van der Waals surface area contributed by atoms with Gasteiger partial charge in [0.25, 0.3) is 0 Å². The average molecular weight is 432 g/mol. The summed E-state index contributed by atoms with van der Waals surface area (Å²) in [4.78, 5) is 25.3. The molecule has 2 saturated heterocycles. The number of carbonyl (C=O) groups is 1. The minimum absolute atomic E-state index is 0.307. The molecule has 0 bridgehead atoms. The minimum atomic E-state index is 0.307. The van der Waals surface area contributed by atoms with Gasteiger partial charge < -0.3 is 14.3 Å². The van der Waals surface area contributed by atoms with Crippen molar-refractivity contribution in [1.82, 2.24) is 24.8 Å². The van der Waals surface area contributed by atoms with Crippen molar-refractivity contribution in [2.45, 2.75) is 58.0 Å². The van der Waals surface area contributed by atoms with Crippen molar-refractivity contribution in [1.29, 1.82) is 0 Å². The van der Waals surface area contributed by atoms with Gasteiger partial charge in [-0.15, -0.1) is 11.3 Å². The second-order valence-electron chi connectivity index (χ2n) is 8.64. The van der Waals surface area contributed by atoms with Crippen LogP contribution in [0.1, 0.15) is 45.4 Å². The number of likely N-dealkylation sites (tertiary alicyclic amines) is 1. The number of hydrogen-bond acceptors (Lipinski definition) is 7. The Morgan fingerprint density at radius 1 is 1.17 bits per heavy atom. The van der Waals surface area contributed by atoms with Crippen LogP contribution in [-0.2, 0) is 11.2 Å². The highest BCUT2D eigenvalue weighted by molar-refractivity contribution is 7.13. The zero-order valence-corrected chi connectivity index (χ0v) is 18.9. The van der Waals surface area contributed by atoms with E-state index in [1.165, 1.54) is 6.42 Å². The predicted molar refractivity (Wildman–Crippen MR) is 118 cm³/mol. The van der Waals surface area contributed by atoms with Gasteiger partial charge in [0.1, 0.15) is 0 Å². The summed E-state index contributed by atoms with van der Waals surface area (Å²) < 4.78 is 5.39. The molecule has 2 aromatic heterocycles. The number of piperidine rings is 1. The van der Waals surface area contributed by atoms with E-state index in [1.54, 1.807) is 11.3 Å². The van der Waals surface area contributed by atoms with E-state index in [1.807, 2.05) is 17.5 Å². The van der Waals surface area contributed by atoms with Crippen molar-refractivity contribution in [3.05, 3.63) is 23.4 Å². The van der Waals surface area contributed by atoms with Crippen LogP contribution < -0.4 is 0 Å². The molecule has 8 heteroatoms. The number of thiophene rings is 1. The van der Waals surface area contributed by atoms with Crippen molar-refractivity contribution in [2.75, 3.05) is 39.3 Å². The van der Waals surface area contributed by atoms with Gasteiger partial charge in [0, 0.05) is 44.7 Å². The summed E-state index contributed by atoms with van der Waals surface area (Å²) in [6.45, 7) is 9.94. The van der Waals surface area contributed by atoms with Crippen LogP contribution in [0.25, 0.3) is 10.7 Å². The maximum Gasteiger partial charge on any atom is 0.237 e. The average Bonchev–Trinajstić information content (AvgIpc) is 3.41. The predicted octanol–water partition coefficient (Wildman–Crippen LogP) is 3.14. The first kappa shape index (κ1) is 21.5. The van der Waals surface area contributed by atoms with E-state index >= 15 is 0 Å². The fourth-order valence-electron chi connectivity index (χ4n) is 4.67. The van der Waals surface area contributed by atoms with Crippen molar-refractivity contribution in [3.8, 4) is 10.7 Å². The number of carbonyl (C=O) groups excluding carboxylic acids is 1. The smallest absolute Gasteiger partial charge is 0.237 e. The molecule has 0 aromatic carbocycles. The monoisotopic (exact) mass is 431 g/mol. The molecule has 4 heterocycles. The van der Waals surface area contributed by atoms with Crippen LogP contribution in [0, 0.1) is 0 Å². The number of nitrogens with zero attached hydrogens (tertiary/aromatic N) is 5. The summed E-state index contributed by atoms with van der Waals surface area (Å²) in [5, 5.41) is 6.10. The minimum Gasteiger partial charge on any atom is -0.339 e. The maximum absolute atomic E-state index is 12.8. The lowest BCUT2D eigenvalue weighted by Gasteiger charge is -2.41. The van der Waals surface area contributed by atoms with Crippen LogP contribution >= 0.6 is 11.3 Å². The van der Waals surface area contributed by atoms with Crippen LogP contribution in [0.3, 0.4) is 0 Å². The van der Waals surface area contributed by atoms with E-state index in [0.29, 0.717) is 36.3 Å². The molecule has 4 rings (SSSR count). The van der Waals surface area contributed by atoms with Crippen LogP contribution in [-0.4, -0.2) is 82.1 Å². The fourth-order valence-corrected chi connectivity index (χ4v) is 5.32. The molecule has 2 atom stereocenters. The topological polar surface area (TPSA) is 65.7 Å². The third-order valence-electron chi connectivity index (χ3n) is 6.38. The van der Waals surface area contributed by atoms with Gasteiger partial charge in [-0.25, -0.2) is 0 Å². The Hall–Kier alpha value is -1.77. The lowest BCUT2D eigenvalue weighted by molar-refractivity contribution is -0.138. The van der Waals surface area contributed by atoms with Gasteiger partial charge in [0.15, 0.2) is 0 Å². The van der Waals surface area contributed by atoms with Gasteiger partial charge in [-0.05, 0) is 57.5 Å². The first-order valence-electron chi connectivity index (χ1n) is 11.2. The van der Waals surface area contributed by atoms with Crippen molar-refractivity contribution in [2.24, 2.45) is 0 Å². The van der Waals surface area contributed by atoms with E-state index in [0.717, 1.165) is 63.3 Å². The zero-order valence-electron chi connectivity index (χ0n) is 18.1. The van der Waals surface area contributed by atoms with E-state index in [-0.39, 0.29) is 0 Å². The van der Waals surface area contributed by atoms with Gasteiger partial charge in [0.05, 0.1) is 11.4 Å². The van der Waals surface area contributed by atoms with E-state index in [4.69, 9.17) is 4.52 Å². The number of piperazine rings is 1. The Balaban J connectivity index is 1.16. The molecule has 7 nitrogen and oxygen atoms in total. The molecule has 2 aliphatic rings. The van der Waals surface area contributed by atoms with Gasteiger partial charge in [-0.2, -0.15) is 4.98 Å². The molecule has 0 saturated carbocycles. The Morgan fingerprint density at radius 2 is 1.90 bits per heavy atom. The third kappa shape index (κ3) is 5.28. The first-order chi connectivity index (χ1) is 14.6. The fraction of sp³-hybridized carbons (Fsp3) is 0.682. The summed E-state index contributed by atoms with van der Waals surface area (Å²) in [6, 6.07) is 4.77. The second-order valence-corrected chi connectivity index (χ2v) is 9.59. The number of hydrogen-bond donors (Lipinski definition) is 0. The highest BCUT2D eigenvalue weighted by Crippen LogP contribution is 2.23. The molecule has 0 radical (unpaired) electrons. The number of amides is 1. The van der Waals surface area contributed by atoms with E-state index in [2.05, 4.69) is 38.7 Å². The van der Waals surface area contributed by atoms with Crippen LogP contribution in [0.4, 0.5) is 0 Å². The second kappa shape index (κ2) is 10.0. The largest absolute Gasteiger partial charge is 0.339 e. The summed E-state index contributed by atoms with van der Waals surface area (Å²) in [6.07, 6.45) is 5.33. The molecule has 1 amide bonds. The molecule has 2 unspecified atom stereocenters. The third-order valence-corrected chi connectivity index (χ3v) is 7.25. The standard InChI is InChI=1S/C22H33N5O2S/c1-17-6-3-7-18(2)27(17)21(28)16-26-13-11-25(12-14-26)10-4-9-20-23-22(24-29-20)19-8-5-15-30-19/h5,8,15,17-18H,3-4,6-7,9-14,16H2,1-2H3. The number of aryl methyl sites for hydroxylation is 1. The molecular formula is C22H33N5O2S. The first-order valence-corrected chi connectivity index (χ1v) is 12.1. The molecule has 2 aliphatic heterocycles. The number of aromatic nitrogens is 2. The van der Waals surface area contributed by atoms with Crippen molar-refractivity contribution >= 4 is 17.2 Å². The highest BCUT2D eigenvalue weighted by atomic mass is 32.1. The Kier molecular flexibility index (Phi) is 7.17. The Morgan fingerprint density at radius 3 is 2.60 bits per heavy atom. The van der Waals surface area contributed by atoms with Gasteiger partial charge in [-0.3, -0.25) is 9.69 Å². The molecule has 164 valence electrons. The molecule has 0 spiro atoms. The zero-order chi connectivity index (χ0) is 20.9. The van der Waals surface area contributed by atoms with Gasteiger partial charge in [0.2, 0.25) is 17.6 Å². The lowest BCUT2D eigenvalue weighted by atomic mass is 9.97. The van der Waals surface area contributed by atoms with Crippen molar-refractivity contribution < 1.29 is 9.32 Å². The molecule has 30 heavy (non-hydrogen) atoms. The lowest BCUT2D eigenvalue weighted by Crippen LogP contribution is -2.54. The van der Waals surface area contributed by atoms with Crippen LogP contribution in [0.2, 0.25) is 0 Å². The molecule has 2 aromatic rings. The SMILES string of the molecule is CC1CCCC(C)N1C(=O)CN1CCN(CCCc2nc(-c3cccs3)no2)CC1. The molecule has 2 fully saturated rings. The summed E-state index contributed by atoms with van der Waals surface area (Å²) >= 11 is 1.62. The maximum atomic E-state index is 12.8. The quantitative estimate of drug-likeness (QED) is 0.671. The van der Waals surface area contributed by atoms with Crippen molar-refractivity contribution in [3.63, 3.8) is 0 Å². The molecule has 0 N–H and O–H groups in total. The Labute approximate surface area is 183 Å². The van der Waals surface area contributed by atoms with E-state index < -0.39 is 0 Å². The Bertz CT molecular complexity index is 790. The van der Waals surface area contributed by atoms with Gasteiger partial charge in [-0.1, -0.05) is 11.2 Å². The summed E-state index contributed by atoms with van der Waals surface area (Å²) in [7, 11) is 0. The summed E-state index contributed by atoms with van der Waals surface area (Å²) in [5.41, 5.74) is 0. The van der Waals surface area contributed by atoms with Crippen LogP contribution in [0.5, 0.6) is 0 Å². The van der Waals surface area contributed by atoms with Gasteiger partial charge >= 0.3 is 0 Å². The van der Waals surface area contributed by atoms with Crippen LogP contribution in [0.15, 0.2) is 22.0 Å². The number of rotatable bonds is 7. The molecular weight excluding hydrogens is 398 g/mol. The molecule has 0 aliphatic carbocycles. The normalized spacial score (nSPS) is 23.7. The summed E-state index contributed by atoms with van der Waals surface area (Å²) in [5.74, 6) is 1.71.